The molecule has 18 heavy (non-hydrogen) atoms. The summed E-state index contributed by atoms with van der Waals surface area (Å²) in [6.45, 7) is 4.34. The maximum absolute atomic E-state index is 5.61. The fourth-order valence-electron chi connectivity index (χ4n) is 2.09. The van der Waals surface area contributed by atoms with Gasteiger partial charge in [0, 0.05) is 12.6 Å². The number of hydrogen-bond donors (Lipinski definition) is 2. The highest BCUT2D eigenvalue weighted by Crippen LogP contribution is 2.15. The Morgan fingerprint density at radius 3 is 2.94 bits per heavy atom. The molecule has 0 spiro atoms. The number of rotatable bonds is 5. The van der Waals surface area contributed by atoms with Crippen molar-refractivity contribution in [1.29, 1.82) is 0 Å². The molecular formula is C11H20N6O. The molecule has 100 valence electrons. The first-order valence-corrected chi connectivity index (χ1v) is 6.27. The zero-order valence-electron chi connectivity index (χ0n) is 10.9. The molecule has 1 aromatic heterocycles. The van der Waals surface area contributed by atoms with Crippen LogP contribution >= 0.6 is 0 Å². The average Bonchev–Trinajstić information content (AvgIpc) is 2.72. The number of likely N-dealkylation sites (tertiary alicyclic amines) is 1. The smallest absolute Gasteiger partial charge is 0.323 e. The van der Waals surface area contributed by atoms with Crippen LogP contribution in [0, 0.1) is 0 Å². The molecular weight excluding hydrogens is 232 g/mol. The van der Waals surface area contributed by atoms with E-state index in [1.807, 2.05) is 6.92 Å². The molecule has 0 aromatic carbocycles. The number of ether oxygens (including phenoxy) is 1. The van der Waals surface area contributed by atoms with Crippen molar-refractivity contribution in [2.45, 2.75) is 25.8 Å². The number of aromatic nitrogens is 3. The quantitative estimate of drug-likeness (QED) is 0.782. The summed E-state index contributed by atoms with van der Waals surface area (Å²) in [5.74, 6) is 0.655. The monoisotopic (exact) mass is 252 g/mol. The Morgan fingerprint density at radius 1 is 1.44 bits per heavy atom. The fraction of sp³-hybridized carbons (Fsp3) is 0.727. The van der Waals surface area contributed by atoms with Gasteiger partial charge in [0.05, 0.1) is 6.61 Å². The maximum atomic E-state index is 5.61. The van der Waals surface area contributed by atoms with E-state index in [2.05, 4.69) is 32.2 Å². The molecule has 2 rings (SSSR count). The number of nitrogen functional groups attached to an aromatic ring is 1. The van der Waals surface area contributed by atoms with Crippen molar-refractivity contribution in [2.24, 2.45) is 0 Å². The van der Waals surface area contributed by atoms with Gasteiger partial charge in [0.25, 0.3) is 0 Å². The van der Waals surface area contributed by atoms with E-state index in [-0.39, 0.29) is 12.0 Å². The molecule has 7 heteroatoms. The van der Waals surface area contributed by atoms with Gasteiger partial charge < -0.3 is 20.7 Å². The van der Waals surface area contributed by atoms with Crippen LogP contribution in [0.25, 0.3) is 0 Å². The molecule has 1 unspecified atom stereocenters. The summed E-state index contributed by atoms with van der Waals surface area (Å²) >= 11 is 0. The lowest BCUT2D eigenvalue weighted by Gasteiger charge is -2.19. The second-order valence-corrected chi connectivity index (χ2v) is 4.39. The molecule has 3 N–H and O–H groups in total. The van der Waals surface area contributed by atoms with Gasteiger partial charge in [0.2, 0.25) is 11.9 Å². The van der Waals surface area contributed by atoms with Crippen LogP contribution in [0.1, 0.15) is 19.8 Å². The molecule has 7 nitrogen and oxygen atoms in total. The van der Waals surface area contributed by atoms with Crippen LogP contribution in [0.15, 0.2) is 0 Å². The van der Waals surface area contributed by atoms with Crippen LogP contribution in [0.3, 0.4) is 0 Å². The van der Waals surface area contributed by atoms with Gasteiger partial charge in [-0.15, -0.1) is 0 Å². The predicted molar refractivity (Wildman–Crippen MR) is 69.6 cm³/mol. The summed E-state index contributed by atoms with van der Waals surface area (Å²) in [4.78, 5) is 14.4. The van der Waals surface area contributed by atoms with Crippen molar-refractivity contribution in [3.05, 3.63) is 0 Å². The van der Waals surface area contributed by atoms with E-state index >= 15 is 0 Å². The molecule has 1 aliphatic heterocycles. The van der Waals surface area contributed by atoms with Crippen LogP contribution in [0.4, 0.5) is 11.9 Å². The summed E-state index contributed by atoms with van der Waals surface area (Å²) in [6, 6.07) is 0.797. The molecule has 1 fully saturated rings. The highest BCUT2D eigenvalue weighted by atomic mass is 16.5. The van der Waals surface area contributed by atoms with Crippen LogP contribution in [-0.2, 0) is 0 Å². The largest absolute Gasteiger partial charge is 0.464 e. The molecule has 0 amide bonds. The number of likely N-dealkylation sites (N-methyl/N-ethyl adjacent to an activating group) is 1. The summed E-state index contributed by atoms with van der Waals surface area (Å²) < 4.78 is 5.23. The van der Waals surface area contributed by atoms with Crippen molar-refractivity contribution < 1.29 is 4.74 Å². The third-order valence-corrected chi connectivity index (χ3v) is 3.07. The van der Waals surface area contributed by atoms with Crippen molar-refractivity contribution in [3.63, 3.8) is 0 Å². The van der Waals surface area contributed by atoms with Gasteiger partial charge in [-0.05, 0) is 33.4 Å². The van der Waals surface area contributed by atoms with E-state index in [0.717, 1.165) is 13.1 Å². The zero-order valence-corrected chi connectivity index (χ0v) is 10.9. The summed E-state index contributed by atoms with van der Waals surface area (Å²) in [5.41, 5.74) is 5.61. The van der Waals surface area contributed by atoms with E-state index in [0.29, 0.717) is 18.6 Å². The van der Waals surface area contributed by atoms with Crippen molar-refractivity contribution >= 4 is 11.9 Å². The van der Waals surface area contributed by atoms with E-state index in [4.69, 9.17) is 10.5 Å². The minimum absolute atomic E-state index is 0.177. The van der Waals surface area contributed by atoms with Gasteiger partial charge in [-0.25, -0.2) is 0 Å². The Morgan fingerprint density at radius 2 is 2.28 bits per heavy atom. The summed E-state index contributed by atoms with van der Waals surface area (Å²) in [6.07, 6.45) is 2.44. The standard InChI is InChI=1S/C11H20N6O/c1-3-18-11-15-9(12)14-10(16-11)13-7-8-5-4-6-17(8)2/h8H,3-7H2,1-2H3,(H3,12,13,14,15,16). The molecule has 1 aromatic rings. The van der Waals surface area contributed by atoms with Crippen LogP contribution in [-0.4, -0.2) is 52.6 Å². The zero-order chi connectivity index (χ0) is 13.0. The second kappa shape index (κ2) is 5.81. The van der Waals surface area contributed by atoms with E-state index in [1.165, 1.54) is 12.8 Å². The second-order valence-electron chi connectivity index (χ2n) is 4.39. The molecule has 0 radical (unpaired) electrons. The van der Waals surface area contributed by atoms with Gasteiger partial charge in [0.1, 0.15) is 0 Å². The minimum Gasteiger partial charge on any atom is -0.464 e. The first-order valence-electron chi connectivity index (χ1n) is 6.27. The summed E-state index contributed by atoms with van der Waals surface area (Å²) in [5, 5.41) is 3.19. The number of nitrogens with one attached hydrogen (secondary N) is 1. The first-order chi connectivity index (χ1) is 8.69. The van der Waals surface area contributed by atoms with E-state index in [1.54, 1.807) is 0 Å². The molecule has 0 saturated carbocycles. The van der Waals surface area contributed by atoms with Gasteiger partial charge >= 0.3 is 6.01 Å². The third-order valence-electron chi connectivity index (χ3n) is 3.07. The number of anilines is 2. The lowest BCUT2D eigenvalue weighted by Crippen LogP contribution is -2.32. The first kappa shape index (κ1) is 12.8. The molecule has 0 aliphatic carbocycles. The van der Waals surface area contributed by atoms with E-state index in [9.17, 15) is 0 Å². The van der Waals surface area contributed by atoms with Gasteiger partial charge in [-0.1, -0.05) is 0 Å². The third kappa shape index (κ3) is 3.19. The van der Waals surface area contributed by atoms with Gasteiger partial charge in [-0.2, -0.15) is 15.0 Å². The molecule has 1 saturated heterocycles. The highest BCUT2D eigenvalue weighted by Gasteiger charge is 2.20. The van der Waals surface area contributed by atoms with Crippen LogP contribution in [0.5, 0.6) is 6.01 Å². The van der Waals surface area contributed by atoms with Crippen molar-refractivity contribution in [1.82, 2.24) is 19.9 Å². The molecule has 0 bridgehead atoms. The molecule has 1 aliphatic rings. The Bertz CT molecular complexity index is 399. The number of nitrogens with zero attached hydrogens (tertiary/aromatic N) is 4. The van der Waals surface area contributed by atoms with Crippen LogP contribution < -0.4 is 15.8 Å². The van der Waals surface area contributed by atoms with Crippen LogP contribution in [0.2, 0.25) is 0 Å². The average molecular weight is 252 g/mol. The van der Waals surface area contributed by atoms with Crippen molar-refractivity contribution in [2.75, 3.05) is 37.8 Å². The maximum Gasteiger partial charge on any atom is 0.323 e. The van der Waals surface area contributed by atoms with Crippen molar-refractivity contribution in [3.8, 4) is 6.01 Å². The molecule has 2 heterocycles. The van der Waals surface area contributed by atoms with Gasteiger partial charge in [0.15, 0.2) is 0 Å². The molecule has 1 atom stereocenters. The fourth-order valence-corrected chi connectivity index (χ4v) is 2.09. The number of nitrogens with two attached hydrogens (primary N) is 1. The topological polar surface area (TPSA) is 89.2 Å². The highest BCUT2D eigenvalue weighted by molar-refractivity contribution is 5.32. The Hall–Kier alpha value is -1.63. The SMILES string of the molecule is CCOc1nc(N)nc(NCC2CCCN2C)n1. The Kier molecular flexibility index (Phi) is 4.14. The predicted octanol–water partition coefficient (Wildman–Crippen LogP) is 0.359. The summed E-state index contributed by atoms with van der Waals surface area (Å²) in [7, 11) is 2.13. The lowest BCUT2D eigenvalue weighted by atomic mass is 10.2. The minimum atomic E-state index is 0.177. The Balaban J connectivity index is 1.95. The number of hydrogen-bond acceptors (Lipinski definition) is 7. The van der Waals surface area contributed by atoms with E-state index < -0.39 is 0 Å². The van der Waals surface area contributed by atoms with Gasteiger partial charge in [-0.3, -0.25) is 0 Å². The lowest BCUT2D eigenvalue weighted by molar-refractivity contribution is 0.311. The normalized spacial score (nSPS) is 20.0. The Labute approximate surface area is 107 Å².